The van der Waals surface area contributed by atoms with Gasteiger partial charge in [0.15, 0.2) is 0 Å². The second kappa shape index (κ2) is 9.61. The predicted molar refractivity (Wildman–Crippen MR) is 114 cm³/mol. The molecule has 2 aliphatic rings. The fourth-order valence-corrected chi connectivity index (χ4v) is 4.22. The average Bonchev–Trinajstić information content (AvgIpc) is 2.62. The van der Waals surface area contributed by atoms with Gasteiger partial charge in [0.1, 0.15) is 5.75 Å². The second-order valence-electron chi connectivity index (χ2n) is 8.54. The van der Waals surface area contributed by atoms with E-state index in [1.165, 1.54) is 25.9 Å². The Morgan fingerprint density at radius 3 is 2.54 bits per heavy atom. The summed E-state index contributed by atoms with van der Waals surface area (Å²) in [4.78, 5) is 19.7. The summed E-state index contributed by atoms with van der Waals surface area (Å²) in [7, 11) is 2.21. The normalized spacial score (nSPS) is 19.1. The minimum Gasteiger partial charge on any atom is -0.492 e. The third-order valence-corrected chi connectivity index (χ3v) is 5.78. The molecule has 0 spiro atoms. The zero-order chi connectivity index (χ0) is 20.1. The number of hydrogen-bond donors (Lipinski definition) is 1. The van der Waals surface area contributed by atoms with Crippen LogP contribution in [0, 0.1) is 5.92 Å². The Labute approximate surface area is 169 Å². The van der Waals surface area contributed by atoms with Crippen molar-refractivity contribution in [3.8, 4) is 5.75 Å². The number of rotatable bonds is 7. The summed E-state index contributed by atoms with van der Waals surface area (Å²) < 4.78 is 5.61. The maximum absolute atomic E-state index is 12.7. The monoisotopic (exact) mass is 388 g/mol. The summed E-state index contributed by atoms with van der Waals surface area (Å²) in [6.07, 6.45) is 2.46. The highest BCUT2D eigenvalue weighted by Crippen LogP contribution is 2.27. The van der Waals surface area contributed by atoms with E-state index in [1.54, 1.807) is 0 Å². The van der Waals surface area contributed by atoms with Gasteiger partial charge in [0.25, 0.3) is 0 Å². The van der Waals surface area contributed by atoms with Gasteiger partial charge in [-0.25, -0.2) is 4.79 Å². The second-order valence-corrected chi connectivity index (χ2v) is 8.54. The molecule has 6 heteroatoms. The molecule has 0 atom stereocenters. The molecule has 0 aromatic heterocycles. The molecule has 1 aromatic rings. The number of anilines is 1. The van der Waals surface area contributed by atoms with Crippen LogP contribution in [0.4, 0.5) is 10.5 Å². The highest BCUT2D eigenvalue weighted by molar-refractivity contribution is 5.91. The van der Waals surface area contributed by atoms with Gasteiger partial charge in [-0.05, 0) is 58.0 Å². The molecule has 1 aromatic carbocycles. The highest BCUT2D eigenvalue weighted by Gasteiger charge is 2.38. The minimum absolute atomic E-state index is 0.0312. The van der Waals surface area contributed by atoms with Crippen molar-refractivity contribution in [2.75, 3.05) is 51.7 Å². The predicted octanol–water partition coefficient (Wildman–Crippen LogP) is 3.35. The first-order chi connectivity index (χ1) is 13.5. The summed E-state index contributed by atoms with van der Waals surface area (Å²) in [5.41, 5.74) is 0.743. The van der Waals surface area contributed by atoms with Crippen LogP contribution in [0.15, 0.2) is 24.3 Å². The Hall–Kier alpha value is -1.79. The fourth-order valence-electron chi connectivity index (χ4n) is 4.22. The van der Waals surface area contributed by atoms with Gasteiger partial charge < -0.3 is 19.9 Å². The van der Waals surface area contributed by atoms with E-state index in [1.807, 2.05) is 36.1 Å². The van der Waals surface area contributed by atoms with Crippen molar-refractivity contribution in [2.24, 2.45) is 5.92 Å². The van der Waals surface area contributed by atoms with Gasteiger partial charge in [-0.15, -0.1) is 0 Å². The van der Waals surface area contributed by atoms with Gasteiger partial charge in [0.05, 0.1) is 12.3 Å². The molecule has 0 aliphatic carbocycles. The number of ether oxygens (including phenoxy) is 1. The molecule has 1 N–H and O–H groups in total. The van der Waals surface area contributed by atoms with Crippen LogP contribution in [-0.4, -0.2) is 79.2 Å². The van der Waals surface area contributed by atoms with Crippen molar-refractivity contribution in [3.05, 3.63) is 24.3 Å². The number of para-hydroxylation sites is 2. The van der Waals surface area contributed by atoms with Crippen LogP contribution >= 0.6 is 0 Å². The first-order valence-electron chi connectivity index (χ1n) is 10.7. The van der Waals surface area contributed by atoms with E-state index in [9.17, 15) is 4.79 Å². The van der Waals surface area contributed by atoms with Crippen LogP contribution in [0.5, 0.6) is 5.75 Å². The molecular formula is C22H36N4O2. The van der Waals surface area contributed by atoms with E-state index in [0.29, 0.717) is 24.6 Å². The number of piperidine rings is 1. The number of hydrogen-bond acceptors (Lipinski definition) is 4. The SMILES string of the molecule is CCOc1ccccc1NC(=O)N1CC(N(CC(C)C)C2CCN(C)CC2)C1. The fraction of sp³-hybridized carbons (Fsp3) is 0.682. The van der Waals surface area contributed by atoms with E-state index >= 15 is 0 Å². The van der Waals surface area contributed by atoms with Gasteiger partial charge >= 0.3 is 6.03 Å². The lowest BCUT2D eigenvalue weighted by atomic mass is 9.96. The minimum atomic E-state index is -0.0312. The number of likely N-dealkylation sites (tertiary alicyclic amines) is 2. The smallest absolute Gasteiger partial charge is 0.322 e. The molecule has 28 heavy (non-hydrogen) atoms. The zero-order valence-electron chi connectivity index (χ0n) is 17.9. The van der Waals surface area contributed by atoms with Crippen molar-refractivity contribution in [2.45, 2.75) is 45.7 Å². The largest absolute Gasteiger partial charge is 0.492 e. The third kappa shape index (κ3) is 5.17. The Kier molecular flexibility index (Phi) is 7.18. The van der Waals surface area contributed by atoms with E-state index in [2.05, 4.69) is 36.0 Å². The number of amides is 2. The molecule has 0 radical (unpaired) electrons. The van der Waals surface area contributed by atoms with Crippen LogP contribution in [0.3, 0.4) is 0 Å². The molecule has 2 fully saturated rings. The number of benzene rings is 1. The molecule has 0 saturated carbocycles. The van der Waals surface area contributed by atoms with E-state index in [4.69, 9.17) is 4.74 Å². The topological polar surface area (TPSA) is 48.1 Å². The molecule has 0 bridgehead atoms. The molecular weight excluding hydrogens is 352 g/mol. The summed E-state index contributed by atoms with van der Waals surface area (Å²) in [5, 5.41) is 3.02. The molecule has 2 heterocycles. The van der Waals surface area contributed by atoms with Gasteiger partial charge in [0, 0.05) is 31.7 Å². The lowest BCUT2D eigenvalue weighted by Crippen LogP contribution is -2.65. The quantitative estimate of drug-likeness (QED) is 0.778. The average molecular weight is 389 g/mol. The van der Waals surface area contributed by atoms with E-state index < -0.39 is 0 Å². The first kappa shape index (κ1) is 20.9. The molecule has 3 rings (SSSR count). The van der Waals surface area contributed by atoms with Gasteiger partial charge in [0.2, 0.25) is 0 Å². The Balaban J connectivity index is 1.56. The number of urea groups is 1. The van der Waals surface area contributed by atoms with E-state index in [0.717, 1.165) is 31.1 Å². The zero-order valence-corrected chi connectivity index (χ0v) is 17.9. The Morgan fingerprint density at radius 2 is 1.89 bits per heavy atom. The van der Waals surface area contributed by atoms with Crippen molar-refractivity contribution >= 4 is 11.7 Å². The maximum Gasteiger partial charge on any atom is 0.322 e. The van der Waals surface area contributed by atoms with Gasteiger partial charge in [-0.3, -0.25) is 4.90 Å². The summed E-state index contributed by atoms with van der Waals surface area (Å²) in [6.45, 7) is 12.2. The molecule has 2 aliphatic heterocycles. The summed E-state index contributed by atoms with van der Waals surface area (Å²) >= 11 is 0. The van der Waals surface area contributed by atoms with Crippen LogP contribution in [-0.2, 0) is 0 Å². The molecule has 2 amide bonds. The Morgan fingerprint density at radius 1 is 1.21 bits per heavy atom. The van der Waals surface area contributed by atoms with Crippen molar-refractivity contribution in [3.63, 3.8) is 0 Å². The molecule has 0 unspecified atom stereocenters. The van der Waals surface area contributed by atoms with Gasteiger partial charge in [-0.2, -0.15) is 0 Å². The number of nitrogens with zero attached hydrogens (tertiary/aromatic N) is 3. The van der Waals surface area contributed by atoms with Crippen molar-refractivity contribution in [1.82, 2.24) is 14.7 Å². The number of carbonyl (C=O) groups is 1. The lowest BCUT2D eigenvalue weighted by molar-refractivity contribution is 0.00502. The summed E-state index contributed by atoms with van der Waals surface area (Å²) in [5.74, 6) is 1.36. The standard InChI is InChI=1S/C22H36N4O2/c1-5-28-21-9-7-6-8-20(21)23-22(27)25-15-19(16-25)26(14-17(2)3)18-10-12-24(4)13-11-18/h6-9,17-19H,5,10-16H2,1-4H3,(H,23,27). The highest BCUT2D eigenvalue weighted by atomic mass is 16.5. The Bertz CT molecular complexity index is 637. The molecule has 156 valence electrons. The lowest BCUT2D eigenvalue weighted by Gasteiger charge is -2.50. The van der Waals surface area contributed by atoms with Crippen LogP contribution in [0.1, 0.15) is 33.6 Å². The third-order valence-electron chi connectivity index (χ3n) is 5.78. The van der Waals surface area contributed by atoms with Crippen LogP contribution in [0.2, 0.25) is 0 Å². The molecule has 6 nitrogen and oxygen atoms in total. The van der Waals surface area contributed by atoms with Gasteiger partial charge in [-0.1, -0.05) is 26.0 Å². The first-order valence-corrected chi connectivity index (χ1v) is 10.7. The van der Waals surface area contributed by atoms with Crippen LogP contribution < -0.4 is 10.1 Å². The summed E-state index contributed by atoms with van der Waals surface area (Å²) in [6, 6.07) is 8.71. The molecule has 2 saturated heterocycles. The van der Waals surface area contributed by atoms with Crippen molar-refractivity contribution < 1.29 is 9.53 Å². The maximum atomic E-state index is 12.7. The van der Waals surface area contributed by atoms with Crippen LogP contribution in [0.25, 0.3) is 0 Å². The number of nitrogens with one attached hydrogen (secondary N) is 1. The van der Waals surface area contributed by atoms with E-state index in [-0.39, 0.29) is 6.03 Å². The van der Waals surface area contributed by atoms with Crippen molar-refractivity contribution in [1.29, 1.82) is 0 Å². The number of carbonyl (C=O) groups excluding carboxylic acids is 1.